The number of nitrogens with one attached hydrogen (secondary N) is 2. The molecule has 2 heterocycles. The molecule has 1 amide bonds. The van der Waals surface area contributed by atoms with Crippen LogP contribution in [0.3, 0.4) is 0 Å². The number of halogens is 3. The molecule has 31 heavy (non-hydrogen) atoms. The Labute approximate surface area is 172 Å². The fourth-order valence-electron chi connectivity index (χ4n) is 2.18. The van der Waals surface area contributed by atoms with Gasteiger partial charge in [0.05, 0.1) is 12.1 Å². The Morgan fingerprint density at radius 1 is 1.13 bits per heavy atom. The van der Waals surface area contributed by atoms with E-state index < -0.39 is 48.2 Å². The van der Waals surface area contributed by atoms with Crippen LogP contribution in [0.2, 0.25) is 0 Å². The van der Waals surface area contributed by atoms with Crippen LogP contribution in [0.5, 0.6) is 5.75 Å². The summed E-state index contributed by atoms with van der Waals surface area (Å²) in [6.07, 6.45) is 1.30. The van der Waals surface area contributed by atoms with Crippen LogP contribution in [-0.4, -0.2) is 50.6 Å². The summed E-state index contributed by atoms with van der Waals surface area (Å²) >= 11 is 0. The number of aliphatic hydroxyl groups excluding tert-OH is 1. The van der Waals surface area contributed by atoms with E-state index in [1.54, 1.807) is 18.2 Å². The van der Waals surface area contributed by atoms with E-state index >= 15 is 0 Å². The normalized spacial score (nSPS) is 9.68. The summed E-state index contributed by atoms with van der Waals surface area (Å²) in [6, 6.07) is 9.12. The molecule has 0 aliphatic carbocycles. The van der Waals surface area contributed by atoms with Crippen LogP contribution in [0, 0.1) is 5.95 Å². The van der Waals surface area contributed by atoms with Gasteiger partial charge in [0.1, 0.15) is 17.9 Å². The Morgan fingerprint density at radius 3 is 2.32 bits per heavy atom. The number of carboxylic acids is 1. The quantitative estimate of drug-likeness (QED) is 0.386. The number of hydrogen-bond acceptors (Lipinski definition) is 6. The van der Waals surface area contributed by atoms with Crippen LogP contribution in [0.1, 0.15) is 15.9 Å². The van der Waals surface area contributed by atoms with Crippen molar-refractivity contribution in [2.75, 3.05) is 13.5 Å². The number of benzene rings is 1. The fourth-order valence-corrected chi connectivity index (χ4v) is 2.18. The number of carbonyl (C=O) groups is 2. The van der Waals surface area contributed by atoms with E-state index in [1.165, 1.54) is 24.4 Å². The van der Waals surface area contributed by atoms with Gasteiger partial charge in [-0.15, -0.1) is 0 Å². The van der Waals surface area contributed by atoms with Crippen molar-refractivity contribution in [3.63, 3.8) is 0 Å². The van der Waals surface area contributed by atoms with E-state index in [0.29, 0.717) is 16.5 Å². The standard InChI is InChI=1S/C12H10N2O5.C6H6FNO.CH2F2/c15-8(16)5-13-11(18)9-10(17)6-3-1-2-4-7(6)14-12(9)19;7-6-2-1-5(4-9)3-8-6;2-1-3/h1-4H,5H2,(H,13,18)(H,15,16)(H2,14,17,19);1-3,9H,4H2;1H2. The van der Waals surface area contributed by atoms with E-state index in [2.05, 4.69) is 9.97 Å². The Morgan fingerprint density at radius 2 is 1.77 bits per heavy atom. The number of H-pyrrole nitrogens is 1. The maximum atomic E-state index is 12.0. The molecule has 5 N–H and O–H groups in total. The van der Waals surface area contributed by atoms with E-state index in [0.717, 1.165) is 0 Å². The molecule has 0 saturated carbocycles. The minimum atomic E-state index is -1.75. The van der Waals surface area contributed by atoms with E-state index in [4.69, 9.17) is 10.2 Å². The van der Waals surface area contributed by atoms with E-state index in [1.807, 2.05) is 5.32 Å². The van der Waals surface area contributed by atoms with Crippen LogP contribution < -0.4 is 10.9 Å². The summed E-state index contributed by atoms with van der Waals surface area (Å²) in [5, 5.41) is 29.2. The summed E-state index contributed by atoms with van der Waals surface area (Å²) < 4.78 is 31.3. The number of nitrogens with zero attached hydrogens (tertiary/aromatic N) is 1. The van der Waals surface area contributed by atoms with Crippen LogP contribution in [0.25, 0.3) is 10.9 Å². The minimum Gasteiger partial charge on any atom is -0.506 e. The number of fused-ring (bicyclic) bond motifs is 1. The molecule has 0 saturated heterocycles. The molecule has 0 radical (unpaired) electrons. The molecular weight excluding hydrogens is 423 g/mol. The molecule has 2 aromatic heterocycles. The zero-order chi connectivity index (χ0) is 23.4. The number of pyridine rings is 2. The number of aliphatic hydroxyl groups is 1. The predicted molar refractivity (Wildman–Crippen MR) is 103 cm³/mol. The number of para-hydroxylation sites is 1. The topological polar surface area (TPSA) is 153 Å². The first-order valence-corrected chi connectivity index (χ1v) is 8.42. The molecule has 0 fully saturated rings. The average Bonchev–Trinajstić information content (AvgIpc) is 2.74. The highest BCUT2D eigenvalue weighted by molar-refractivity contribution is 6.02. The van der Waals surface area contributed by atoms with Gasteiger partial charge in [0.2, 0.25) is 12.9 Å². The molecule has 9 nitrogen and oxygen atoms in total. The Hall–Kier alpha value is -3.93. The number of aromatic nitrogens is 2. The molecule has 0 bridgehead atoms. The van der Waals surface area contributed by atoms with Gasteiger partial charge in [-0.3, -0.25) is 14.4 Å². The highest BCUT2D eigenvalue weighted by Gasteiger charge is 2.19. The molecule has 3 aromatic rings. The number of aromatic amines is 1. The lowest BCUT2D eigenvalue weighted by atomic mass is 10.1. The third-order valence-electron chi connectivity index (χ3n) is 3.49. The molecule has 0 aliphatic rings. The Bertz CT molecular complexity index is 1070. The molecule has 12 heteroatoms. The van der Waals surface area contributed by atoms with Gasteiger partial charge in [0.15, 0.2) is 0 Å². The minimum absolute atomic E-state index is 0.0900. The van der Waals surface area contributed by atoms with Gasteiger partial charge in [0.25, 0.3) is 11.5 Å². The van der Waals surface area contributed by atoms with Crippen molar-refractivity contribution < 1.29 is 38.1 Å². The van der Waals surface area contributed by atoms with Gasteiger partial charge in [-0.1, -0.05) is 18.2 Å². The molecule has 0 aliphatic heterocycles. The molecule has 0 unspecified atom stereocenters. The van der Waals surface area contributed by atoms with E-state index in [9.17, 15) is 32.7 Å². The van der Waals surface area contributed by atoms with Crippen molar-refractivity contribution in [1.29, 1.82) is 0 Å². The SMILES string of the molecule is FCF.O=C(O)CNC(=O)c1c(O)c2ccccc2[nH]c1=O.OCc1ccc(F)nc1. The van der Waals surface area contributed by atoms with Gasteiger partial charge >= 0.3 is 5.97 Å². The smallest absolute Gasteiger partial charge is 0.322 e. The monoisotopic (exact) mass is 441 g/mol. The fraction of sp³-hybridized carbons (Fsp3) is 0.158. The number of alkyl halides is 2. The van der Waals surface area contributed by atoms with Crippen molar-refractivity contribution >= 4 is 22.8 Å². The van der Waals surface area contributed by atoms with Crippen LogP contribution in [-0.2, 0) is 11.4 Å². The van der Waals surface area contributed by atoms with Crippen molar-refractivity contribution in [3.8, 4) is 5.75 Å². The number of aromatic hydroxyl groups is 1. The number of aliphatic carboxylic acids is 1. The van der Waals surface area contributed by atoms with E-state index in [-0.39, 0.29) is 6.61 Å². The van der Waals surface area contributed by atoms with Crippen LogP contribution in [0.15, 0.2) is 47.4 Å². The Balaban J connectivity index is 0.000000333. The van der Waals surface area contributed by atoms with Gasteiger partial charge in [0, 0.05) is 11.6 Å². The summed E-state index contributed by atoms with van der Waals surface area (Å²) in [5.74, 6) is -3.17. The zero-order valence-electron chi connectivity index (χ0n) is 15.8. The number of hydrogen-bond donors (Lipinski definition) is 5. The van der Waals surface area contributed by atoms with Crippen LogP contribution in [0.4, 0.5) is 13.2 Å². The van der Waals surface area contributed by atoms with Gasteiger partial charge in [-0.25, -0.2) is 13.8 Å². The molecule has 1 aromatic carbocycles. The van der Waals surface area contributed by atoms with Crippen molar-refractivity contribution in [2.45, 2.75) is 6.61 Å². The van der Waals surface area contributed by atoms with Gasteiger partial charge in [-0.2, -0.15) is 4.39 Å². The lowest BCUT2D eigenvalue weighted by Crippen LogP contribution is -2.33. The van der Waals surface area contributed by atoms with Crippen LogP contribution >= 0.6 is 0 Å². The molecular formula is C19H18F3N3O6. The summed E-state index contributed by atoms with van der Waals surface area (Å²) in [5.41, 5.74) is -0.268. The first-order chi connectivity index (χ1) is 14.7. The van der Waals surface area contributed by atoms with Gasteiger partial charge < -0.3 is 25.6 Å². The second kappa shape index (κ2) is 12.6. The zero-order valence-corrected chi connectivity index (χ0v) is 15.8. The highest BCUT2D eigenvalue weighted by Crippen LogP contribution is 2.24. The largest absolute Gasteiger partial charge is 0.506 e. The number of carboxylic acid groups (broad SMARTS) is 1. The average molecular weight is 441 g/mol. The second-order valence-corrected chi connectivity index (χ2v) is 5.55. The second-order valence-electron chi connectivity index (χ2n) is 5.55. The molecule has 0 atom stereocenters. The first kappa shape index (κ1) is 25.1. The third kappa shape index (κ3) is 7.78. The lowest BCUT2D eigenvalue weighted by Gasteiger charge is -2.07. The lowest BCUT2D eigenvalue weighted by molar-refractivity contribution is -0.135. The molecule has 0 spiro atoms. The van der Waals surface area contributed by atoms with Crippen molar-refractivity contribution in [2.24, 2.45) is 0 Å². The number of amides is 1. The highest BCUT2D eigenvalue weighted by atomic mass is 19.3. The Kier molecular flexibility index (Phi) is 10.2. The summed E-state index contributed by atoms with van der Waals surface area (Å²) in [6.45, 7) is -2.47. The summed E-state index contributed by atoms with van der Waals surface area (Å²) in [4.78, 5) is 39.5. The third-order valence-corrected chi connectivity index (χ3v) is 3.49. The first-order valence-electron chi connectivity index (χ1n) is 8.42. The molecule has 166 valence electrons. The number of carbonyl (C=O) groups excluding carboxylic acids is 1. The maximum absolute atomic E-state index is 12.0. The molecule has 3 rings (SSSR count). The van der Waals surface area contributed by atoms with Crippen molar-refractivity contribution in [3.05, 3.63) is 70.0 Å². The van der Waals surface area contributed by atoms with Crippen molar-refractivity contribution in [1.82, 2.24) is 15.3 Å². The summed E-state index contributed by atoms with van der Waals surface area (Å²) in [7, 11) is 0. The predicted octanol–water partition coefficient (Wildman–Crippen LogP) is 1.64. The van der Waals surface area contributed by atoms with Gasteiger partial charge in [-0.05, 0) is 23.8 Å². The maximum Gasteiger partial charge on any atom is 0.322 e. The number of rotatable bonds is 4.